The van der Waals surface area contributed by atoms with Gasteiger partial charge >= 0.3 is 5.97 Å². The van der Waals surface area contributed by atoms with Gasteiger partial charge in [0.1, 0.15) is 11.8 Å². The number of carboxylic acid groups (broad SMARTS) is 1. The van der Waals surface area contributed by atoms with E-state index in [1.165, 1.54) is 6.92 Å². The largest absolute Gasteiger partial charge is 0.480 e. The topological polar surface area (TPSA) is 104 Å². The van der Waals surface area contributed by atoms with Crippen molar-refractivity contribution in [1.82, 2.24) is 5.32 Å². The van der Waals surface area contributed by atoms with E-state index >= 15 is 0 Å². The van der Waals surface area contributed by atoms with Gasteiger partial charge in [-0.15, -0.1) is 0 Å². The zero-order chi connectivity index (χ0) is 11.1. The van der Waals surface area contributed by atoms with Crippen LogP contribution in [0.25, 0.3) is 0 Å². The molecule has 0 bridgehead atoms. The van der Waals surface area contributed by atoms with Crippen LogP contribution in [0.15, 0.2) is 0 Å². The van der Waals surface area contributed by atoms with E-state index in [0.717, 1.165) is 0 Å². The highest BCUT2D eigenvalue weighted by atomic mass is 16.4. The lowest BCUT2D eigenvalue weighted by molar-refractivity contribution is -0.142. The average molecular weight is 203 g/mol. The maximum Gasteiger partial charge on any atom is 0.326 e. The van der Waals surface area contributed by atoms with Crippen molar-refractivity contribution >= 4 is 17.7 Å². The number of aliphatic hydroxyl groups is 1. The van der Waals surface area contributed by atoms with Crippen molar-refractivity contribution in [2.24, 2.45) is 0 Å². The van der Waals surface area contributed by atoms with Crippen LogP contribution in [0.2, 0.25) is 0 Å². The first-order valence-corrected chi connectivity index (χ1v) is 4.09. The zero-order valence-electron chi connectivity index (χ0n) is 7.82. The van der Waals surface area contributed by atoms with Crippen LogP contribution >= 0.6 is 0 Å². The fourth-order valence-corrected chi connectivity index (χ4v) is 0.858. The van der Waals surface area contributed by atoms with E-state index in [1.54, 1.807) is 0 Å². The van der Waals surface area contributed by atoms with E-state index in [0.29, 0.717) is 0 Å². The predicted octanol–water partition coefficient (Wildman–Crippen LogP) is -1.08. The number of carbonyl (C=O) groups is 3. The molecule has 0 fully saturated rings. The van der Waals surface area contributed by atoms with Crippen LogP contribution in [0.1, 0.15) is 19.8 Å². The summed E-state index contributed by atoms with van der Waals surface area (Å²) in [5.41, 5.74) is 0. The van der Waals surface area contributed by atoms with Gasteiger partial charge in [-0.3, -0.25) is 9.59 Å². The Morgan fingerprint density at radius 1 is 1.36 bits per heavy atom. The van der Waals surface area contributed by atoms with Gasteiger partial charge in [0.05, 0.1) is 6.42 Å². The lowest BCUT2D eigenvalue weighted by Crippen LogP contribution is -2.41. The molecule has 0 aromatic heterocycles. The molecule has 0 unspecified atom stereocenters. The van der Waals surface area contributed by atoms with Crippen molar-refractivity contribution in [2.45, 2.75) is 25.8 Å². The number of Topliss-reactive ketones (excluding diaryl/α,β-unsaturated/α-hetero) is 1. The summed E-state index contributed by atoms with van der Waals surface area (Å²) in [5.74, 6) is -2.20. The van der Waals surface area contributed by atoms with Crippen LogP contribution in [0.4, 0.5) is 0 Å². The maximum absolute atomic E-state index is 11.0. The molecule has 1 amide bonds. The minimum Gasteiger partial charge on any atom is -0.480 e. The van der Waals surface area contributed by atoms with Crippen molar-refractivity contribution in [3.05, 3.63) is 0 Å². The van der Waals surface area contributed by atoms with Crippen molar-refractivity contribution in [3.63, 3.8) is 0 Å². The summed E-state index contributed by atoms with van der Waals surface area (Å²) in [7, 11) is 0. The minimum atomic E-state index is -1.23. The van der Waals surface area contributed by atoms with Crippen molar-refractivity contribution in [3.8, 4) is 0 Å². The van der Waals surface area contributed by atoms with Gasteiger partial charge < -0.3 is 15.5 Å². The van der Waals surface area contributed by atoms with E-state index in [9.17, 15) is 14.4 Å². The van der Waals surface area contributed by atoms with Gasteiger partial charge in [0.15, 0.2) is 0 Å². The third kappa shape index (κ3) is 5.26. The molecule has 80 valence electrons. The lowest BCUT2D eigenvalue weighted by atomic mass is 10.2. The van der Waals surface area contributed by atoms with Gasteiger partial charge in [0.2, 0.25) is 5.91 Å². The predicted molar refractivity (Wildman–Crippen MR) is 46.6 cm³/mol. The number of ketones is 1. The molecule has 0 aliphatic carbocycles. The first kappa shape index (κ1) is 12.6. The number of carbonyl (C=O) groups excluding carboxylic acids is 2. The second kappa shape index (κ2) is 6.09. The quantitative estimate of drug-likeness (QED) is 0.476. The van der Waals surface area contributed by atoms with Crippen molar-refractivity contribution in [1.29, 1.82) is 0 Å². The Kier molecular flexibility index (Phi) is 5.47. The van der Waals surface area contributed by atoms with Gasteiger partial charge in [-0.2, -0.15) is 0 Å². The van der Waals surface area contributed by atoms with Crippen LogP contribution in [-0.4, -0.2) is 40.5 Å². The number of aliphatic hydroxyl groups excluding tert-OH is 1. The molecule has 0 aliphatic heterocycles. The Balaban J connectivity index is 4.09. The van der Waals surface area contributed by atoms with Crippen LogP contribution in [-0.2, 0) is 14.4 Å². The highest BCUT2D eigenvalue weighted by molar-refractivity contribution is 5.98. The van der Waals surface area contributed by atoms with E-state index in [-0.39, 0.29) is 25.2 Å². The van der Waals surface area contributed by atoms with Crippen LogP contribution in [0, 0.1) is 0 Å². The summed E-state index contributed by atoms with van der Waals surface area (Å²) < 4.78 is 0. The second-order valence-electron chi connectivity index (χ2n) is 2.85. The van der Waals surface area contributed by atoms with Gasteiger partial charge in [0.25, 0.3) is 0 Å². The number of hydrogen-bond donors (Lipinski definition) is 3. The maximum atomic E-state index is 11.0. The lowest BCUT2D eigenvalue weighted by Gasteiger charge is -2.12. The Bertz CT molecular complexity index is 238. The summed E-state index contributed by atoms with van der Waals surface area (Å²) >= 11 is 0. The molecule has 14 heavy (non-hydrogen) atoms. The van der Waals surface area contributed by atoms with E-state index in [2.05, 4.69) is 5.32 Å². The van der Waals surface area contributed by atoms with Crippen LogP contribution in [0.5, 0.6) is 0 Å². The summed E-state index contributed by atoms with van der Waals surface area (Å²) in [5, 5.41) is 19.2. The molecule has 0 heterocycles. The van der Waals surface area contributed by atoms with Gasteiger partial charge in [-0.05, 0) is 6.92 Å². The third-order valence-electron chi connectivity index (χ3n) is 1.46. The Morgan fingerprint density at radius 2 is 1.93 bits per heavy atom. The average Bonchev–Trinajstić information content (AvgIpc) is 2.01. The second-order valence-corrected chi connectivity index (χ2v) is 2.85. The molecule has 0 aliphatic rings. The molecule has 1 atom stereocenters. The van der Waals surface area contributed by atoms with Crippen LogP contribution < -0.4 is 5.32 Å². The number of amides is 1. The highest BCUT2D eigenvalue weighted by Gasteiger charge is 2.19. The Morgan fingerprint density at radius 3 is 2.29 bits per heavy atom. The van der Waals surface area contributed by atoms with E-state index < -0.39 is 17.9 Å². The molecule has 0 rings (SSSR count). The number of aliphatic carboxylic acids is 1. The van der Waals surface area contributed by atoms with Gasteiger partial charge in [-0.1, -0.05) is 0 Å². The SMILES string of the molecule is CC(=O)CC(=O)N[C@@H](CCO)C(=O)O. The summed E-state index contributed by atoms with van der Waals surface area (Å²) in [6.45, 7) is 0.902. The normalized spacial score (nSPS) is 11.9. The van der Waals surface area contributed by atoms with Crippen molar-refractivity contribution < 1.29 is 24.6 Å². The van der Waals surface area contributed by atoms with E-state index in [1.807, 2.05) is 0 Å². The van der Waals surface area contributed by atoms with Gasteiger partial charge in [0, 0.05) is 13.0 Å². The molecule has 6 nitrogen and oxygen atoms in total. The number of hydrogen-bond acceptors (Lipinski definition) is 4. The molecular weight excluding hydrogens is 190 g/mol. The van der Waals surface area contributed by atoms with E-state index in [4.69, 9.17) is 10.2 Å². The van der Waals surface area contributed by atoms with Gasteiger partial charge in [-0.25, -0.2) is 4.79 Å². The number of nitrogens with one attached hydrogen (secondary N) is 1. The fourth-order valence-electron chi connectivity index (χ4n) is 0.858. The fraction of sp³-hybridized carbons (Fsp3) is 0.625. The molecule has 0 aromatic rings. The first-order chi connectivity index (χ1) is 6.47. The minimum absolute atomic E-state index is 0.0705. The third-order valence-corrected chi connectivity index (χ3v) is 1.46. The molecule has 0 radical (unpaired) electrons. The summed E-state index contributed by atoms with van der Waals surface area (Å²) in [4.78, 5) is 32.0. The highest BCUT2D eigenvalue weighted by Crippen LogP contribution is 1.93. The molecule has 0 saturated carbocycles. The molecule has 0 saturated heterocycles. The zero-order valence-corrected chi connectivity index (χ0v) is 7.82. The smallest absolute Gasteiger partial charge is 0.326 e. The summed E-state index contributed by atoms with van der Waals surface area (Å²) in [6, 6.07) is -1.13. The molecular formula is C8H13NO5. The van der Waals surface area contributed by atoms with Crippen molar-refractivity contribution in [2.75, 3.05) is 6.61 Å². The summed E-state index contributed by atoms with van der Waals surface area (Å²) in [6.07, 6.45) is -0.409. The number of carboxylic acids is 1. The molecule has 6 heteroatoms. The Hall–Kier alpha value is -1.43. The molecule has 3 N–H and O–H groups in total. The monoisotopic (exact) mass is 203 g/mol. The standard InChI is InChI=1S/C8H13NO5/c1-5(11)4-7(12)9-6(2-3-10)8(13)14/h6,10H,2-4H2,1H3,(H,9,12)(H,13,14)/t6-/m0/s1. The number of rotatable bonds is 6. The molecule has 0 aromatic carbocycles. The first-order valence-electron chi connectivity index (χ1n) is 4.09. The van der Waals surface area contributed by atoms with Crippen LogP contribution in [0.3, 0.4) is 0 Å². The Labute approximate surface area is 80.9 Å². The molecule has 0 spiro atoms.